The highest BCUT2D eigenvalue weighted by atomic mass is 19.1. The van der Waals surface area contributed by atoms with Crippen LogP contribution in [-0.2, 0) is 0 Å². The van der Waals surface area contributed by atoms with Crippen molar-refractivity contribution in [2.45, 2.75) is 26.2 Å². The molecule has 94 valence electrons. The highest BCUT2D eigenvalue weighted by Gasteiger charge is 2.21. The van der Waals surface area contributed by atoms with Gasteiger partial charge in [-0.2, -0.15) is 0 Å². The summed E-state index contributed by atoms with van der Waals surface area (Å²) in [4.78, 5) is 3.94. The zero-order valence-electron chi connectivity index (χ0n) is 9.89. The normalized spacial score (nSPS) is 14.8. The molecule has 1 fully saturated rings. The first-order chi connectivity index (χ1) is 8.20. The van der Waals surface area contributed by atoms with Crippen LogP contribution in [0.25, 0.3) is 0 Å². The van der Waals surface area contributed by atoms with Gasteiger partial charge in [0.05, 0.1) is 0 Å². The quantitative estimate of drug-likeness (QED) is 0.804. The number of aromatic nitrogens is 1. The van der Waals surface area contributed by atoms with E-state index in [-0.39, 0.29) is 11.6 Å². The molecular weight excluding hydrogens is 224 g/mol. The first-order valence-corrected chi connectivity index (χ1v) is 6.04. The van der Waals surface area contributed by atoms with Gasteiger partial charge in [0, 0.05) is 19.2 Å². The van der Waals surface area contributed by atoms with Gasteiger partial charge in [-0.15, -0.1) is 0 Å². The molecule has 1 aromatic rings. The second-order valence-electron chi connectivity index (χ2n) is 4.40. The smallest absolute Gasteiger partial charge is 0.168 e. The van der Waals surface area contributed by atoms with Gasteiger partial charge in [0.25, 0.3) is 0 Å². The van der Waals surface area contributed by atoms with E-state index < -0.39 is 11.6 Å². The summed E-state index contributed by atoms with van der Waals surface area (Å²) in [5, 5.41) is 5.77. The monoisotopic (exact) mass is 241 g/mol. The van der Waals surface area contributed by atoms with E-state index >= 15 is 0 Å². The molecular formula is C12H17F2N3. The summed E-state index contributed by atoms with van der Waals surface area (Å²) in [5.41, 5.74) is 0. The Hall–Kier alpha value is -1.39. The lowest BCUT2D eigenvalue weighted by Crippen LogP contribution is -2.11. The van der Waals surface area contributed by atoms with E-state index in [0.717, 1.165) is 12.5 Å². The fourth-order valence-corrected chi connectivity index (χ4v) is 1.52. The van der Waals surface area contributed by atoms with Crippen molar-refractivity contribution in [3.63, 3.8) is 0 Å². The fraction of sp³-hybridized carbons (Fsp3) is 0.583. The van der Waals surface area contributed by atoms with Crippen LogP contribution in [0.3, 0.4) is 0 Å². The molecule has 3 nitrogen and oxygen atoms in total. The number of pyridine rings is 1. The van der Waals surface area contributed by atoms with Crippen LogP contribution in [0.5, 0.6) is 0 Å². The van der Waals surface area contributed by atoms with Crippen molar-refractivity contribution in [3.8, 4) is 0 Å². The molecule has 0 bridgehead atoms. The van der Waals surface area contributed by atoms with Gasteiger partial charge in [-0.05, 0) is 25.2 Å². The maximum atomic E-state index is 13.4. The number of rotatable bonds is 6. The highest BCUT2D eigenvalue weighted by molar-refractivity contribution is 5.47. The minimum Gasteiger partial charge on any atom is -0.368 e. The third-order valence-electron chi connectivity index (χ3n) is 2.73. The van der Waals surface area contributed by atoms with Crippen molar-refractivity contribution in [2.24, 2.45) is 5.92 Å². The fourth-order valence-electron chi connectivity index (χ4n) is 1.52. The molecule has 0 spiro atoms. The molecule has 1 aliphatic carbocycles. The van der Waals surface area contributed by atoms with Gasteiger partial charge in [-0.1, -0.05) is 6.92 Å². The van der Waals surface area contributed by atoms with Crippen molar-refractivity contribution in [1.82, 2.24) is 4.98 Å². The third kappa shape index (κ3) is 3.28. The summed E-state index contributed by atoms with van der Waals surface area (Å²) in [7, 11) is 0. The van der Waals surface area contributed by atoms with Crippen molar-refractivity contribution in [1.29, 1.82) is 0 Å². The second-order valence-corrected chi connectivity index (χ2v) is 4.40. The predicted molar refractivity (Wildman–Crippen MR) is 64.1 cm³/mol. The molecule has 0 aliphatic heterocycles. The van der Waals surface area contributed by atoms with E-state index in [1.165, 1.54) is 12.8 Å². The van der Waals surface area contributed by atoms with E-state index in [9.17, 15) is 8.78 Å². The molecule has 0 atom stereocenters. The number of halogens is 2. The molecule has 0 amide bonds. The average molecular weight is 241 g/mol. The van der Waals surface area contributed by atoms with E-state index in [4.69, 9.17) is 0 Å². The lowest BCUT2D eigenvalue weighted by atomic mass is 10.3. The molecule has 0 radical (unpaired) electrons. The number of nitrogens with zero attached hydrogens (tertiary/aromatic N) is 1. The van der Waals surface area contributed by atoms with Gasteiger partial charge < -0.3 is 10.6 Å². The summed E-state index contributed by atoms with van der Waals surface area (Å²) >= 11 is 0. The molecule has 1 saturated carbocycles. The molecule has 1 aliphatic rings. The predicted octanol–water partition coefficient (Wildman–Crippen LogP) is 3.00. The van der Waals surface area contributed by atoms with Crippen LogP contribution in [0, 0.1) is 17.6 Å². The Balaban J connectivity index is 2.06. The maximum absolute atomic E-state index is 13.4. The number of hydrogen-bond acceptors (Lipinski definition) is 3. The largest absolute Gasteiger partial charge is 0.368 e. The Bertz CT molecular complexity index is 392. The topological polar surface area (TPSA) is 37.0 Å². The Morgan fingerprint density at radius 1 is 1.24 bits per heavy atom. The second kappa shape index (κ2) is 5.29. The first kappa shape index (κ1) is 12.1. The van der Waals surface area contributed by atoms with Crippen molar-refractivity contribution >= 4 is 11.6 Å². The Morgan fingerprint density at radius 2 is 1.88 bits per heavy atom. The van der Waals surface area contributed by atoms with E-state index in [1.807, 2.05) is 6.92 Å². The zero-order chi connectivity index (χ0) is 12.3. The zero-order valence-corrected chi connectivity index (χ0v) is 9.89. The molecule has 0 saturated heterocycles. The minimum atomic E-state index is -0.645. The Morgan fingerprint density at radius 3 is 2.47 bits per heavy atom. The lowest BCUT2D eigenvalue weighted by molar-refractivity contribution is 0.577. The van der Waals surface area contributed by atoms with E-state index in [2.05, 4.69) is 15.6 Å². The third-order valence-corrected chi connectivity index (χ3v) is 2.73. The SMILES string of the molecule is CCCNc1nc(NCC2CC2)c(F)cc1F. The Kier molecular flexibility index (Phi) is 3.76. The van der Waals surface area contributed by atoms with Crippen molar-refractivity contribution < 1.29 is 8.78 Å². The molecule has 0 aromatic carbocycles. The summed E-state index contributed by atoms with van der Waals surface area (Å²) in [6, 6.07) is 0.875. The van der Waals surface area contributed by atoms with Gasteiger partial charge in [0.1, 0.15) is 0 Å². The van der Waals surface area contributed by atoms with Gasteiger partial charge in [-0.25, -0.2) is 13.8 Å². The first-order valence-electron chi connectivity index (χ1n) is 6.04. The van der Waals surface area contributed by atoms with Crippen LogP contribution in [-0.4, -0.2) is 18.1 Å². The lowest BCUT2D eigenvalue weighted by Gasteiger charge is -2.10. The van der Waals surface area contributed by atoms with E-state index in [0.29, 0.717) is 19.0 Å². The van der Waals surface area contributed by atoms with Crippen LogP contribution in [0.4, 0.5) is 20.4 Å². The molecule has 2 N–H and O–H groups in total. The molecule has 1 heterocycles. The molecule has 2 rings (SSSR count). The van der Waals surface area contributed by atoms with Crippen LogP contribution >= 0.6 is 0 Å². The van der Waals surface area contributed by atoms with Gasteiger partial charge in [-0.3, -0.25) is 0 Å². The average Bonchev–Trinajstić information content (AvgIpc) is 3.10. The number of nitrogens with one attached hydrogen (secondary N) is 2. The molecule has 17 heavy (non-hydrogen) atoms. The number of anilines is 2. The van der Waals surface area contributed by atoms with E-state index in [1.54, 1.807) is 0 Å². The summed E-state index contributed by atoms with van der Waals surface area (Å²) < 4.78 is 26.8. The molecule has 0 unspecified atom stereocenters. The van der Waals surface area contributed by atoms with Crippen LogP contribution in [0.1, 0.15) is 26.2 Å². The van der Waals surface area contributed by atoms with Gasteiger partial charge in [0.2, 0.25) is 0 Å². The van der Waals surface area contributed by atoms with Crippen LogP contribution < -0.4 is 10.6 Å². The maximum Gasteiger partial charge on any atom is 0.168 e. The van der Waals surface area contributed by atoms with Crippen molar-refractivity contribution in [2.75, 3.05) is 23.7 Å². The summed E-state index contributed by atoms with van der Waals surface area (Å²) in [5.74, 6) is -0.408. The molecule has 1 aromatic heterocycles. The van der Waals surface area contributed by atoms with Crippen LogP contribution in [0.15, 0.2) is 6.07 Å². The Labute approximate surface area is 99.6 Å². The standard InChI is InChI=1S/C12H17F2N3/c1-2-5-15-11-9(13)6-10(14)12(17-11)16-7-8-3-4-8/h6,8H,2-5,7H2,1H3,(H2,15,16,17). The van der Waals surface area contributed by atoms with Gasteiger partial charge >= 0.3 is 0 Å². The summed E-state index contributed by atoms with van der Waals surface area (Å²) in [6.45, 7) is 3.31. The number of hydrogen-bond donors (Lipinski definition) is 2. The molecule has 5 heteroatoms. The van der Waals surface area contributed by atoms with Crippen molar-refractivity contribution in [3.05, 3.63) is 17.7 Å². The summed E-state index contributed by atoms with van der Waals surface area (Å²) in [6.07, 6.45) is 3.22. The van der Waals surface area contributed by atoms with Crippen LogP contribution in [0.2, 0.25) is 0 Å². The minimum absolute atomic E-state index is 0.117. The highest BCUT2D eigenvalue weighted by Crippen LogP contribution is 2.29. The van der Waals surface area contributed by atoms with Gasteiger partial charge in [0.15, 0.2) is 23.3 Å².